The van der Waals surface area contributed by atoms with E-state index in [0.29, 0.717) is 5.02 Å². The van der Waals surface area contributed by atoms with Crippen molar-refractivity contribution in [2.45, 2.75) is 82.7 Å². The van der Waals surface area contributed by atoms with E-state index >= 15 is 0 Å². The van der Waals surface area contributed by atoms with Crippen LogP contribution >= 0.6 is 23.2 Å². The normalized spacial score (nSPS) is 14.8. The predicted molar refractivity (Wildman–Crippen MR) is 120 cm³/mol. The van der Waals surface area contributed by atoms with Crippen molar-refractivity contribution >= 4 is 49.7 Å². The number of hydrogen-bond donors (Lipinski definition) is 0. The van der Waals surface area contributed by atoms with Gasteiger partial charge in [-0.3, -0.25) is 0 Å². The van der Waals surface area contributed by atoms with E-state index in [1.807, 2.05) is 3.64 Å². The van der Waals surface area contributed by atoms with Gasteiger partial charge in [-0.25, -0.2) is 12.1 Å². The summed E-state index contributed by atoms with van der Waals surface area (Å²) in [7, 11) is -8.66. The minimum Gasteiger partial charge on any atom is -0.241 e. The molecule has 8 heteroatoms. The second kappa shape index (κ2) is 7.19. The molecule has 0 radical (unpaired) electrons. The van der Waals surface area contributed by atoms with Crippen molar-refractivity contribution in [2.24, 2.45) is 0 Å². The van der Waals surface area contributed by atoms with Gasteiger partial charge in [-0.05, 0) is 28.3 Å². The average Bonchev–Trinajstić information content (AvgIpc) is 2.37. The maximum atomic E-state index is 13.9. The molecule has 0 aliphatic heterocycles. The summed E-state index contributed by atoms with van der Waals surface area (Å²) in [4.78, 5) is 0.112. The van der Waals surface area contributed by atoms with Crippen LogP contribution in [-0.2, 0) is 10.0 Å². The standard InChI is InChI=1S/C18H33Cl2NO2SSi2/c1-17(2,3)25(7,8)21(26(9,10)18(4,5)6)24(22,23)16-13-14(19)11-12-15(16)20/h11-13H,1-10H3. The fourth-order valence-corrected chi connectivity index (χ4v) is 20.0. The fourth-order valence-electron chi connectivity index (χ4n) is 2.68. The molecule has 0 N–H and O–H groups in total. The van der Waals surface area contributed by atoms with E-state index in [1.165, 1.54) is 6.07 Å². The number of hydrogen-bond acceptors (Lipinski definition) is 2. The Bertz CT molecular complexity index is 753. The highest BCUT2D eigenvalue weighted by Gasteiger charge is 2.57. The molecule has 0 aliphatic rings. The lowest BCUT2D eigenvalue weighted by atomic mass is 10.2. The maximum Gasteiger partial charge on any atom is 0.232 e. The first kappa shape index (κ1) is 24.2. The molecule has 0 spiro atoms. The molecule has 0 bridgehead atoms. The molecule has 0 saturated carbocycles. The Kier molecular flexibility index (Phi) is 6.69. The van der Waals surface area contributed by atoms with E-state index in [2.05, 4.69) is 67.7 Å². The predicted octanol–water partition coefficient (Wildman–Crippen LogP) is 6.99. The van der Waals surface area contributed by atoms with Crippen LogP contribution in [-0.4, -0.2) is 28.5 Å². The molecular formula is C18H33Cl2NO2SSi2. The molecule has 3 nitrogen and oxygen atoms in total. The summed E-state index contributed by atoms with van der Waals surface area (Å²) in [6.45, 7) is 21.4. The lowest BCUT2D eigenvalue weighted by molar-refractivity contribution is 0.548. The second-order valence-electron chi connectivity index (χ2n) is 9.96. The first-order chi connectivity index (χ1) is 11.3. The summed E-state index contributed by atoms with van der Waals surface area (Å²) in [6.07, 6.45) is 0. The number of rotatable bonds is 4. The Morgan fingerprint density at radius 3 is 1.58 bits per heavy atom. The number of benzene rings is 1. The van der Waals surface area contributed by atoms with Crippen LogP contribution in [0.1, 0.15) is 41.5 Å². The molecular weight excluding hydrogens is 421 g/mol. The van der Waals surface area contributed by atoms with Gasteiger partial charge in [-0.1, -0.05) is 90.9 Å². The van der Waals surface area contributed by atoms with Gasteiger partial charge in [0.25, 0.3) is 0 Å². The first-order valence-corrected chi connectivity index (χ1v) is 16.9. The van der Waals surface area contributed by atoms with Crippen LogP contribution in [0.25, 0.3) is 0 Å². The maximum absolute atomic E-state index is 13.9. The van der Waals surface area contributed by atoms with Gasteiger partial charge in [-0.15, -0.1) is 0 Å². The van der Waals surface area contributed by atoms with Gasteiger partial charge in [0, 0.05) is 5.02 Å². The highest BCUT2D eigenvalue weighted by molar-refractivity contribution is 7.92. The van der Waals surface area contributed by atoms with Crippen molar-refractivity contribution in [3.05, 3.63) is 28.2 Å². The van der Waals surface area contributed by atoms with Crippen molar-refractivity contribution in [3.8, 4) is 0 Å². The Balaban J connectivity index is 3.90. The smallest absolute Gasteiger partial charge is 0.232 e. The molecule has 0 aromatic heterocycles. The molecule has 150 valence electrons. The van der Waals surface area contributed by atoms with Gasteiger partial charge in [0.2, 0.25) is 10.0 Å². The Morgan fingerprint density at radius 2 is 1.23 bits per heavy atom. The molecule has 0 aliphatic carbocycles. The third kappa shape index (κ3) is 4.25. The third-order valence-electron chi connectivity index (χ3n) is 6.10. The Labute approximate surface area is 172 Å². The van der Waals surface area contributed by atoms with E-state index < -0.39 is 26.5 Å². The van der Waals surface area contributed by atoms with Crippen LogP contribution in [0, 0.1) is 0 Å². The highest BCUT2D eigenvalue weighted by atomic mass is 35.5. The van der Waals surface area contributed by atoms with Gasteiger partial charge in [-0.2, -0.15) is 0 Å². The van der Waals surface area contributed by atoms with E-state index in [-0.39, 0.29) is 20.0 Å². The molecule has 0 fully saturated rings. The van der Waals surface area contributed by atoms with Crippen molar-refractivity contribution in [3.63, 3.8) is 0 Å². The number of nitrogens with zero attached hydrogens (tertiary/aromatic N) is 1. The second-order valence-corrected chi connectivity index (χ2v) is 23.8. The van der Waals surface area contributed by atoms with Crippen molar-refractivity contribution in [1.82, 2.24) is 3.64 Å². The molecule has 0 atom stereocenters. The SMILES string of the molecule is CC(C)(C)[Si](C)(C)N([Si](C)(C)C(C)(C)C)S(=O)(=O)c1cc(Cl)ccc1Cl. The van der Waals surface area contributed by atoms with Crippen LogP contribution in [0.4, 0.5) is 0 Å². The highest BCUT2D eigenvalue weighted by Crippen LogP contribution is 2.50. The monoisotopic (exact) mass is 453 g/mol. The Hall–Kier alpha value is 0.144. The quantitative estimate of drug-likeness (QED) is 0.460. The molecule has 1 rings (SSSR count). The zero-order valence-electron chi connectivity index (χ0n) is 17.7. The van der Waals surface area contributed by atoms with Crippen molar-refractivity contribution < 1.29 is 8.42 Å². The number of sulfonamides is 1. The topological polar surface area (TPSA) is 37.4 Å². The fraction of sp³-hybridized carbons (Fsp3) is 0.667. The molecule has 0 unspecified atom stereocenters. The largest absolute Gasteiger partial charge is 0.241 e. The molecule has 0 amide bonds. The van der Waals surface area contributed by atoms with Crippen LogP contribution in [0.3, 0.4) is 0 Å². The Morgan fingerprint density at radius 1 is 0.846 bits per heavy atom. The summed E-state index contributed by atoms with van der Waals surface area (Å²) in [6, 6.07) is 4.66. The van der Waals surface area contributed by atoms with Gasteiger partial charge in [0.05, 0.1) is 5.02 Å². The van der Waals surface area contributed by atoms with Crippen LogP contribution < -0.4 is 0 Å². The van der Waals surface area contributed by atoms with Gasteiger partial charge < -0.3 is 0 Å². The van der Waals surface area contributed by atoms with Crippen molar-refractivity contribution in [2.75, 3.05) is 0 Å². The van der Waals surface area contributed by atoms with E-state index in [0.717, 1.165) is 0 Å². The summed E-state index contributed by atoms with van der Waals surface area (Å²) in [5, 5.41) is 0.316. The summed E-state index contributed by atoms with van der Waals surface area (Å²) in [5.74, 6) is 0. The minimum absolute atomic E-state index is 0.112. The molecule has 1 aromatic rings. The lowest BCUT2D eigenvalue weighted by Gasteiger charge is -2.55. The molecule has 1 aromatic carbocycles. The first-order valence-electron chi connectivity index (χ1n) is 8.78. The molecule has 0 saturated heterocycles. The van der Waals surface area contributed by atoms with E-state index in [1.54, 1.807) is 12.1 Å². The molecule has 0 heterocycles. The van der Waals surface area contributed by atoms with Gasteiger partial charge in [0.15, 0.2) is 0 Å². The van der Waals surface area contributed by atoms with Gasteiger partial charge in [0.1, 0.15) is 21.4 Å². The van der Waals surface area contributed by atoms with E-state index in [4.69, 9.17) is 23.2 Å². The zero-order chi connectivity index (χ0) is 20.9. The van der Waals surface area contributed by atoms with Crippen LogP contribution in [0.5, 0.6) is 0 Å². The minimum atomic E-state index is -3.80. The zero-order valence-corrected chi connectivity index (χ0v) is 22.0. The third-order valence-corrected chi connectivity index (χ3v) is 25.1. The summed E-state index contributed by atoms with van der Waals surface area (Å²) >= 11 is 12.4. The van der Waals surface area contributed by atoms with Gasteiger partial charge >= 0.3 is 0 Å². The van der Waals surface area contributed by atoms with Crippen LogP contribution in [0.15, 0.2) is 23.1 Å². The lowest BCUT2D eigenvalue weighted by Crippen LogP contribution is -2.69. The average molecular weight is 455 g/mol. The number of halogens is 2. The summed E-state index contributed by atoms with van der Waals surface area (Å²) in [5.41, 5.74) is 0. The summed E-state index contributed by atoms with van der Waals surface area (Å²) < 4.78 is 29.8. The van der Waals surface area contributed by atoms with E-state index in [9.17, 15) is 8.42 Å². The van der Waals surface area contributed by atoms with Crippen LogP contribution in [0.2, 0.25) is 46.3 Å². The molecule has 26 heavy (non-hydrogen) atoms. The van der Waals surface area contributed by atoms with Crippen molar-refractivity contribution in [1.29, 1.82) is 0 Å².